The lowest BCUT2D eigenvalue weighted by Gasteiger charge is -2.00. The van der Waals surface area contributed by atoms with Crippen molar-refractivity contribution < 1.29 is 4.39 Å². The van der Waals surface area contributed by atoms with Gasteiger partial charge in [-0.3, -0.25) is 9.59 Å². The van der Waals surface area contributed by atoms with Crippen molar-refractivity contribution in [3.8, 4) is 0 Å². The second-order valence-corrected chi connectivity index (χ2v) is 7.80. The van der Waals surface area contributed by atoms with Gasteiger partial charge in [0.2, 0.25) is 4.96 Å². The molecule has 2 heterocycles. The number of nitrogens with zero attached hydrogens (tertiary/aromatic N) is 3. The van der Waals surface area contributed by atoms with Crippen molar-refractivity contribution in [2.75, 3.05) is 0 Å². The van der Waals surface area contributed by atoms with Gasteiger partial charge in [-0.25, -0.2) is 4.39 Å². The summed E-state index contributed by atoms with van der Waals surface area (Å²) in [5, 5.41) is 5.05. The van der Waals surface area contributed by atoms with Crippen LogP contribution in [-0.4, -0.2) is 14.6 Å². The fourth-order valence-electron chi connectivity index (χ4n) is 2.61. The third-order valence-electron chi connectivity index (χ3n) is 3.98. The number of aromatic nitrogens is 3. The fraction of sp³-hybridized carbons (Fsp3) is 0.0526. The molecule has 140 valence electrons. The number of thiazole rings is 1. The Bertz CT molecular complexity index is 1370. The maximum Gasteiger partial charge on any atom is 0.296 e. The van der Waals surface area contributed by atoms with Crippen LogP contribution < -0.4 is 15.7 Å². The van der Waals surface area contributed by atoms with E-state index in [0.29, 0.717) is 25.7 Å². The molecule has 4 rings (SSSR count). The Labute approximate surface area is 171 Å². The first-order valence-corrected chi connectivity index (χ1v) is 9.62. The molecule has 0 N–H and O–H groups in total. The van der Waals surface area contributed by atoms with E-state index >= 15 is 0 Å². The third kappa shape index (κ3) is 3.69. The first-order valence-electron chi connectivity index (χ1n) is 8.05. The van der Waals surface area contributed by atoms with Crippen LogP contribution in [0.4, 0.5) is 4.39 Å². The van der Waals surface area contributed by atoms with Crippen molar-refractivity contribution >= 4 is 45.6 Å². The van der Waals surface area contributed by atoms with E-state index in [0.717, 1.165) is 15.9 Å². The number of rotatable bonds is 3. The van der Waals surface area contributed by atoms with E-state index in [1.165, 1.54) is 12.1 Å². The van der Waals surface area contributed by atoms with Gasteiger partial charge in [0.25, 0.3) is 11.1 Å². The molecule has 0 amide bonds. The number of fused-ring (bicyclic) bond motifs is 1. The van der Waals surface area contributed by atoms with E-state index in [1.54, 1.807) is 36.4 Å². The Morgan fingerprint density at radius 1 is 1.11 bits per heavy atom. The molecule has 0 fully saturated rings. The average Bonchev–Trinajstić information content (AvgIpc) is 2.94. The van der Waals surface area contributed by atoms with E-state index in [-0.39, 0.29) is 22.9 Å². The summed E-state index contributed by atoms with van der Waals surface area (Å²) in [4.78, 5) is 29.1. The van der Waals surface area contributed by atoms with Crippen LogP contribution in [0.1, 0.15) is 16.8 Å². The third-order valence-corrected chi connectivity index (χ3v) is 5.51. The number of hydrogen-bond donors (Lipinski definition) is 0. The van der Waals surface area contributed by atoms with Crippen LogP contribution in [0.15, 0.2) is 52.1 Å². The second kappa shape index (κ2) is 7.43. The van der Waals surface area contributed by atoms with Crippen molar-refractivity contribution in [3.05, 3.63) is 100 Å². The highest BCUT2D eigenvalue weighted by Crippen LogP contribution is 2.21. The topological polar surface area (TPSA) is 64.3 Å². The number of benzene rings is 2. The zero-order valence-corrected chi connectivity index (χ0v) is 16.4. The molecule has 2 aromatic carbocycles. The van der Waals surface area contributed by atoms with Crippen molar-refractivity contribution in [2.45, 2.75) is 6.42 Å². The van der Waals surface area contributed by atoms with Crippen molar-refractivity contribution in [1.82, 2.24) is 14.6 Å². The van der Waals surface area contributed by atoms with Gasteiger partial charge in [-0.05, 0) is 41.5 Å². The Morgan fingerprint density at radius 2 is 1.86 bits per heavy atom. The molecular weight excluding hydrogens is 424 g/mol. The minimum Gasteiger partial charge on any atom is -0.266 e. The predicted molar refractivity (Wildman–Crippen MR) is 108 cm³/mol. The summed E-state index contributed by atoms with van der Waals surface area (Å²) < 4.78 is 14.5. The molecule has 0 radical (unpaired) electrons. The van der Waals surface area contributed by atoms with E-state index < -0.39 is 11.1 Å². The van der Waals surface area contributed by atoms with Gasteiger partial charge < -0.3 is 0 Å². The summed E-state index contributed by atoms with van der Waals surface area (Å²) in [7, 11) is 0. The van der Waals surface area contributed by atoms with Gasteiger partial charge in [-0.2, -0.15) is 14.6 Å². The molecule has 0 saturated carbocycles. The highest BCUT2D eigenvalue weighted by molar-refractivity contribution is 7.15. The number of halogens is 3. The minimum absolute atomic E-state index is 0.107. The largest absolute Gasteiger partial charge is 0.296 e. The smallest absolute Gasteiger partial charge is 0.266 e. The van der Waals surface area contributed by atoms with Gasteiger partial charge in [-0.1, -0.05) is 52.7 Å². The standard InChI is InChI=1S/C19H10Cl2FN3O2S/c20-12-4-3-11(14(21)9-12)8-16-18(27)25-19(28-16)23-17(26)15(24-25)7-10-1-5-13(22)6-2-10/h1-6,8-9H,7H2. The zero-order valence-electron chi connectivity index (χ0n) is 14.0. The molecule has 28 heavy (non-hydrogen) atoms. The normalized spacial score (nSPS) is 12.0. The molecule has 4 aromatic rings. The summed E-state index contributed by atoms with van der Waals surface area (Å²) in [6.07, 6.45) is 1.75. The second-order valence-electron chi connectivity index (χ2n) is 5.94. The van der Waals surface area contributed by atoms with Crippen LogP contribution in [0.25, 0.3) is 11.0 Å². The van der Waals surface area contributed by atoms with Crippen LogP contribution >= 0.6 is 34.5 Å². The summed E-state index contributed by atoms with van der Waals surface area (Å²) in [5.74, 6) is -0.372. The van der Waals surface area contributed by atoms with Gasteiger partial charge >= 0.3 is 0 Å². The van der Waals surface area contributed by atoms with E-state index in [2.05, 4.69) is 10.1 Å². The summed E-state index contributed by atoms with van der Waals surface area (Å²) in [6.45, 7) is 0. The Balaban J connectivity index is 1.81. The average molecular weight is 434 g/mol. The Kier molecular flexibility index (Phi) is 4.97. The van der Waals surface area contributed by atoms with Crippen LogP contribution in [0.5, 0.6) is 0 Å². The lowest BCUT2D eigenvalue weighted by atomic mass is 10.1. The van der Waals surface area contributed by atoms with Crippen LogP contribution in [0.2, 0.25) is 10.0 Å². The first-order chi connectivity index (χ1) is 13.4. The van der Waals surface area contributed by atoms with Crippen LogP contribution in [0, 0.1) is 5.82 Å². The van der Waals surface area contributed by atoms with Crippen LogP contribution in [-0.2, 0) is 6.42 Å². The van der Waals surface area contributed by atoms with E-state index in [9.17, 15) is 14.0 Å². The minimum atomic E-state index is -0.526. The fourth-order valence-corrected chi connectivity index (χ4v) is 3.97. The SMILES string of the molecule is O=c1nc2sc(=Cc3ccc(Cl)cc3Cl)c(=O)n2nc1Cc1ccc(F)cc1. The monoisotopic (exact) mass is 433 g/mol. The molecule has 0 atom stereocenters. The molecule has 5 nitrogen and oxygen atoms in total. The molecule has 0 aliphatic rings. The lowest BCUT2D eigenvalue weighted by Crippen LogP contribution is -2.28. The Morgan fingerprint density at radius 3 is 2.57 bits per heavy atom. The maximum absolute atomic E-state index is 13.0. The molecule has 0 unspecified atom stereocenters. The molecule has 0 aliphatic carbocycles. The Hall–Kier alpha value is -2.61. The molecule has 0 aliphatic heterocycles. The maximum atomic E-state index is 13.0. The van der Waals surface area contributed by atoms with Crippen molar-refractivity contribution in [1.29, 1.82) is 0 Å². The van der Waals surface area contributed by atoms with E-state index in [4.69, 9.17) is 23.2 Å². The molecule has 9 heteroatoms. The highest BCUT2D eigenvalue weighted by Gasteiger charge is 2.12. The van der Waals surface area contributed by atoms with Crippen molar-refractivity contribution in [2.24, 2.45) is 0 Å². The summed E-state index contributed by atoms with van der Waals surface area (Å²) in [6, 6.07) is 10.6. The lowest BCUT2D eigenvalue weighted by molar-refractivity contribution is 0.627. The van der Waals surface area contributed by atoms with Gasteiger partial charge in [-0.15, -0.1) is 0 Å². The summed E-state index contributed by atoms with van der Waals surface area (Å²) >= 11 is 13.1. The predicted octanol–water partition coefficient (Wildman–Crippen LogP) is 3.10. The molecule has 0 spiro atoms. The molecular formula is C19H10Cl2FN3O2S. The number of hydrogen-bond acceptors (Lipinski definition) is 5. The van der Waals surface area contributed by atoms with E-state index in [1.807, 2.05) is 0 Å². The first kappa shape index (κ1) is 18.7. The van der Waals surface area contributed by atoms with Gasteiger partial charge in [0.1, 0.15) is 11.5 Å². The van der Waals surface area contributed by atoms with Gasteiger partial charge in [0, 0.05) is 16.5 Å². The molecule has 0 bridgehead atoms. The zero-order chi connectivity index (χ0) is 19.8. The highest BCUT2D eigenvalue weighted by atomic mass is 35.5. The van der Waals surface area contributed by atoms with Crippen LogP contribution in [0.3, 0.4) is 0 Å². The summed E-state index contributed by atoms with van der Waals surface area (Å²) in [5.41, 5.74) is 0.481. The van der Waals surface area contributed by atoms with Crippen molar-refractivity contribution in [3.63, 3.8) is 0 Å². The molecule has 2 aromatic heterocycles. The quantitative estimate of drug-likeness (QED) is 0.497. The molecule has 0 saturated heterocycles. The van der Waals surface area contributed by atoms with Gasteiger partial charge in [0.05, 0.1) is 4.53 Å². The van der Waals surface area contributed by atoms with Gasteiger partial charge in [0.15, 0.2) is 0 Å².